The molecular weight excluding hydrogens is 496 g/mol. The van der Waals surface area contributed by atoms with Crippen LogP contribution in [0.1, 0.15) is 29.2 Å². The van der Waals surface area contributed by atoms with Gasteiger partial charge in [-0.15, -0.1) is 0 Å². The first kappa shape index (κ1) is 26.1. The van der Waals surface area contributed by atoms with Gasteiger partial charge in [0.2, 0.25) is 5.91 Å². The second kappa shape index (κ2) is 11.5. The Morgan fingerprint density at radius 2 is 1.87 bits per heavy atom. The minimum atomic E-state index is -0.452. The van der Waals surface area contributed by atoms with Crippen molar-refractivity contribution in [3.63, 3.8) is 0 Å². The van der Waals surface area contributed by atoms with E-state index in [1.165, 1.54) is 0 Å². The quantitative estimate of drug-likeness (QED) is 0.405. The number of nitrogens with one attached hydrogen (secondary N) is 2. The van der Waals surface area contributed by atoms with E-state index in [-0.39, 0.29) is 23.8 Å². The number of urea groups is 1. The fraction of sp³-hybridized carbons (Fsp3) is 0.321. The zero-order valence-electron chi connectivity index (χ0n) is 21.6. The molecule has 11 heteroatoms. The van der Waals surface area contributed by atoms with Crippen molar-refractivity contribution in [2.24, 2.45) is 11.7 Å². The number of amides is 3. The fourth-order valence-corrected chi connectivity index (χ4v) is 4.63. The molecule has 200 valence electrons. The van der Waals surface area contributed by atoms with Gasteiger partial charge in [-0.25, -0.2) is 9.78 Å². The number of piperazine rings is 1. The minimum Gasteiger partial charge on any atom is -0.424 e. The zero-order valence-corrected chi connectivity index (χ0v) is 21.6. The van der Waals surface area contributed by atoms with E-state index in [0.717, 1.165) is 31.7 Å². The van der Waals surface area contributed by atoms with Crippen LogP contribution in [0.2, 0.25) is 0 Å². The topological polar surface area (TPSA) is 150 Å². The van der Waals surface area contributed by atoms with E-state index in [0.29, 0.717) is 41.3 Å². The second-order valence-corrected chi connectivity index (χ2v) is 9.89. The number of carbonyl (C=O) groups excluding carboxylic acids is 2. The molecule has 2 unspecified atom stereocenters. The van der Waals surface area contributed by atoms with E-state index >= 15 is 0 Å². The lowest BCUT2D eigenvalue weighted by Crippen LogP contribution is -2.43. The zero-order chi connectivity index (χ0) is 27.4. The number of hydrogen-bond donors (Lipinski definition) is 3. The van der Waals surface area contributed by atoms with E-state index in [1.807, 2.05) is 6.07 Å². The Morgan fingerprint density at radius 1 is 1.10 bits per heavy atom. The van der Waals surface area contributed by atoms with Crippen molar-refractivity contribution in [3.05, 3.63) is 71.5 Å². The van der Waals surface area contributed by atoms with Crippen molar-refractivity contribution >= 4 is 23.3 Å². The Kier molecular flexibility index (Phi) is 7.67. The second-order valence-electron chi connectivity index (χ2n) is 9.89. The lowest BCUT2D eigenvalue weighted by Gasteiger charge is -2.32. The molecule has 0 spiro atoms. The van der Waals surface area contributed by atoms with Gasteiger partial charge in [-0.2, -0.15) is 10.2 Å². The standard InChI is InChI=1S/C28H30N8O3/c1-35-9-11-36(12-10-35)17-18-5-6-21(13-19(18)16-29)33-27(38)32-20-3-2-4-22(14-20)39-28-31-8-7-25(34-28)23-15-24(23)26(30)37/h2-8,13-14,23-24H,9-12,15,17H2,1H3,(H2,30,37)(H2,32,33,38). The first-order chi connectivity index (χ1) is 18.9. The van der Waals surface area contributed by atoms with Crippen LogP contribution in [0.5, 0.6) is 11.8 Å². The number of nitrogens with zero attached hydrogens (tertiary/aromatic N) is 5. The van der Waals surface area contributed by atoms with Crippen molar-refractivity contribution in [2.45, 2.75) is 18.9 Å². The van der Waals surface area contributed by atoms with Crippen LogP contribution >= 0.6 is 0 Å². The summed E-state index contributed by atoms with van der Waals surface area (Å²) in [5.41, 5.74) is 8.60. The summed E-state index contributed by atoms with van der Waals surface area (Å²) >= 11 is 0. The van der Waals surface area contributed by atoms with Gasteiger partial charge in [0, 0.05) is 68.2 Å². The Bertz CT molecular complexity index is 1410. The van der Waals surface area contributed by atoms with Crippen LogP contribution in [-0.2, 0) is 11.3 Å². The van der Waals surface area contributed by atoms with Crippen LogP contribution in [-0.4, -0.2) is 64.9 Å². The Morgan fingerprint density at radius 3 is 2.59 bits per heavy atom. The van der Waals surface area contributed by atoms with Gasteiger partial charge in [0.25, 0.3) is 0 Å². The number of primary amides is 1. The molecule has 2 heterocycles. The molecule has 2 fully saturated rings. The van der Waals surface area contributed by atoms with Gasteiger partial charge in [-0.3, -0.25) is 9.69 Å². The molecule has 1 saturated carbocycles. The molecule has 5 rings (SSSR count). The maximum Gasteiger partial charge on any atom is 0.323 e. The summed E-state index contributed by atoms with van der Waals surface area (Å²) in [6.45, 7) is 4.63. The van der Waals surface area contributed by atoms with Crippen molar-refractivity contribution < 1.29 is 14.3 Å². The number of anilines is 2. The molecule has 3 amide bonds. The first-order valence-corrected chi connectivity index (χ1v) is 12.8. The molecule has 11 nitrogen and oxygen atoms in total. The van der Waals surface area contributed by atoms with Crippen molar-refractivity contribution in [2.75, 3.05) is 43.9 Å². The van der Waals surface area contributed by atoms with Crippen LogP contribution in [0.4, 0.5) is 16.2 Å². The first-order valence-electron chi connectivity index (χ1n) is 12.8. The summed E-state index contributed by atoms with van der Waals surface area (Å²) in [6, 6.07) is 15.9. The molecule has 1 aliphatic carbocycles. The summed E-state index contributed by atoms with van der Waals surface area (Å²) < 4.78 is 5.79. The smallest absolute Gasteiger partial charge is 0.323 e. The van der Waals surface area contributed by atoms with E-state index in [2.05, 4.69) is 43.5 Å². The van der Waals surface area contributed by atoms with Gasteiger partial charge < -0.3 is 26.0 Å². The molecule has 2 atom stereocenters. The molecule has 4 N–H and O–H groups in total. The van der Waals surface area contributed by atoms with Gasteiger partial charge in [0.15, 0.2) is 0 Å². The SMILES string of the molecule is CN1CCN(Cc2ccc(NC(=O)Nc3cccc(Oc4nccc(C5CC5C(N)=O)n4)c3)cc2C#N)CC1. The summed E-state index contributed by atoms with van der Waals surface area (Å²) in [5.74, 6) is -0.0982. The van der Waals surface area contributed by atoms with Crippen LogP contribution in [0.3, 0.4) is 0 Å². The Labute approximate surface area is 226 Å². The van der Waals surface area contributed by atoms with E-state index in [9.17, 15) is 14.9 Å². The average Bonchev–Trinajstić information content (AvgIpc) is 3.73. The van der Waals surface area contributed by atoms with Crippen molar-refractivity contribution in [1.29, 1.82) is 5.26 Å². The third-order valence-electron chi connectivity index (χ3n) is 6.97. The molecule has 1 aliphatic heterocycles. The number of ether oxygens (including phenoxy) is 1. The number of hydrogen-bond acceptors (Lipinski definition) is 8. The predicted octanol–water partition coefficient (Wildman–Crippen LogP) is 3.12. The summed E-state index contributed by atoms with van der Waals surface area (Å²) in [4.78, 5) is 37.2. The van der Waals surface area contributed by atoms with Gasteiger partial charge in [-0.1, -0.05) is 12.1 Å². The number of likely N-dealkylation sites (N-methyl/N-ethyl adjacent to an activating group) is 1. The highest BCUT2D eigenvalue weighted by Crippen LogP contribution is 2.46. The van der Waals surface area contributed by atoms with Crippen LogP contribution in [0.25, 0.3) is 0 Å². The number of benzene rings is 2. The normalized spacial score (nSPS) is 19.1. The van der Waals surface area contributed by atoms with E-state index in [1.54, 1.807) is 48.7 Å². The predicted molar refractivity (Wildman–Crippen MR) is 145 cm³/mol. The largest absolute Gasteiger partial charge is 0.424 e. The molecule has 0 radical (unpaired) electrons. The molecule has 2 aromatic carbocycles. The molecule has 3 aromatic rings. The van der Waals surface area contributed by atoms with Crippen molar-refractivity contribution in [1.82, 2.24) is 19.8 Å². The maximum absolute atomic E-state index is 12.7. The molecule has 1 saturated heterocycles. The van der Waals surface area contributed by atoms with Gasteiger partial charge in [-0.05, 0) is 49.4 Å². The number of carbonyl (C=O) groups is 2. The number of aromatic nitrogens is 2. The summed E-state index contributed by atoms with van der Waals surface area (Å²) in [5, 5.41) is 15.2. The number of rotatable bonds is 8. The fourth-order valence-electron chi connectivity index (χ4n) is 4.63. The third kappa shape index (κ3) is 6.67. The van der Waals surface area contributed by atoms with Gasteiger partial charge in [0.1, 0.15) is 5.75 Å². The highest BCUT2D eigenvalue weighted by molar-refractivity contribution is 6.00. The highest BCUT2D eigenvalue weighted by atomic mass is 16.5. The minimum absolute atomic E-state index is 0.00746. The average molecular weight is 527 g/mol. The lowest BCUT2D eigenvalue weighted by atomic mass is 10.1. The number of nitriles is 1. The van der Waals surface area contributed by atoms with Gasteiger partial charge in [0.05, 0.1) is 17.3 Å². The van der Waals surface area contributed by atoms with Crippen molar-refractivity contribution in [3.8, 4) is 17.8 Å². The molecular formula is C28H30N8O3. The summed E-state index contributed by atoms with van der Waals surface area (Å²) in [6.07, 6.45) is 2.25. The monoisotopic (exact) mass is 526 g/mol. The molecule has 1 aromatic heterocycles. The Hall–Kier alpha value is -4.53. The van der Waals surface area contributed by atoms with Crippen LogP contribution < -0.4 is 21.1 Å². The number of nitrogens with two attached hydrogens (primary N) is 1. The molecule has 0 bridgehead atoms. The third-order valence-corrected chi connectivity index (χ3v) is 6.97. The van der Waals surface area contributed by atoms with Gasteiger partial charge >= 0.3 is 12.0 Å². The molecule has 39 heavy (non-hydrogen) atoms. The summed E-state index contributed by atoms with van der Waals surface area (Å²) in [7, 11) is 2.11. The maximum atomic E-state index is 12.7. The van der Waals surface area contributed by atoms with E-state index < -0.39 is 6.03 Å². The Balaban J connectivity index is 1.18. The lowest BCUT2D eigenvalue weighted by molar-refractivity contribution is -0.119. The van der Waals surface area contributed by atoms with Crippen LogP contribution in [0, 0.1) is 17.2 Å². The highest BCUT2D eigenvalue weighted by Gasteiger charge is 2.44. The van der Waals surface area contributed by atoms with E-state index in [4.69, 9.17) is 10.5 Å². The van der Waals surface area contributed by atoms with Crippen LogP contribution in [0.15, 0.2) is 54.7 Å². The molecule has 2 aliphatic rings.